The number of nitrogens with one attached hydrogen (secondary N) is 1. The highest BCUT2D eigenvalue weighted by Gasteiger charge is 2.15. The van der Waals surface area contributed by atoms with Crippen LogP contribution in [-0.4, -0.2) is 23.6 Å². The molecule has 2 aromatic rings. The lowest BCUT2D eigenvalue weighted by molar-refractivity contribution is 0.411. The molecule has 0 unspecified atom stereocenters. The molecule has 112 valence electrons. The molecule has 4 nitrogen and oxygen atoms in total. The van der Waals surface area contributed by atoms with Gasteiger partial charge >= 0.3 is 0 Å². The van der Waals surface area contributed by atoms with Crippen molar-refractivity contribution in [3.63, 3.8) is 0 Å². The highest BCUT2D eigenvalue weighted by atomic mass is 19.1. The number of anilines is 1. The summed E-state index contributed by atoms with van der Waals surface area (Å²) in [6.07, 6.45) is 3.20. The fourth-order valence-electron chi connectivity index (χ4n) is 2.19. The Morgan fingerprint density at radius 1 is 1.24 bits per heavy atom. The van der Waals surface area contributed by atoms with E-state index in [1.807, 2.05) is 6.92 Å². The number of nitrogens with zero attached hydrogens (tertiary/aromatic N) is 2. The minimum Gasteiger partial charge on any atom is -0.497 e. The van der Waals surface area contributed by atoms with E-state index in [0.29, 0.717) is 17.0 Å². The second kappa shape index (κ2) is 7.02. The second-order valence-electron chi connectivity index (χ2n) is 4.68. The minimum atomic E-state index is -0.343. The molecule has 0 amide bonds. The van der Waals surface area contributed by atoms with Crippen LogP contribution in [0.25, 0.3) is 11.3 Å². The van der Waals surface area contributed by atoms with Crippen molar-refractivity contribution in [3.8, 4) is 17.0 Å². The third-order valence-corrected chi connectivity index (χ3v) is 3.27. The molecule has 0 atom stereocenters. The average Bonchev–Trinajstić information content (AvgIpc) is 2.52. The lowest BCUT2D eigenvalue weighted by atomic mass is 10.0. The van der Waals surface area contributed by atoms with Crippen LogP contribution in [0.4, 0.5) is 10.2 Å². The van der Waals surface area contributed by atoms with E-state index in [1.165, 1.54) is 19.5 Å². The van der Waals surface area contributed by atoms with Crippen molar-refractivity contribution in [2.24, 2.45) is 0 Å². The topological polar surface area (TPSA) is 47.0 Å². The Balaban J connectivity index is 2.48. The van der Waals surface area contributed by atoms with Crippen LogP contribution in [0.15, 0.2) is 24.5 Å². The Kier molecular flexibility index (Phi) is 5.09. The third-order valence-electron chi connectivity index (χ3n) is 3.27. The highest BCUT2D eigenvalue weighted by Crippen LogP contribution is 2.30. The number of hydrogen-bond acceptors (Lipinski definition) is 4. The number of benzene rings is 1. The van der Waals surface area contributed by atoms with Gasteiger partial charge in [-0.15, -0.1) is 0 Å². The van der Waals surface area contributed by atoms with Gasteiger partial charge in [0.2, 0.25) is 0 Å². The maximum absolute atomic E-state index is 14.3. The quantitative estimate of drug-likeness (QED) is 0.881. The Morgan fingerprint density at radius 3 is 2.67 bits per heavy atom. The van der Waals surface area contributed by atoms with Gasteiger partial charge in [0.1, 0.15) is 23.7 Å². The van der Waals surface area contributed by atoms with E-state index in [-0.39, 0.29) is 5.82 Å². The Labute approximate surface area is 124 Å². The van der Waals surface area contributed by atoms with Crippen LogP contribution in [0.3, 0.4) is 0 Å². The summed E-state index contributed by atoms with van der Waals surface area (Å²) in [4.78, 5) is 8.54. The van der Waals surface area contributed by atoms with Crippen LogP contribution in [0, 0.1) is 5.82 Å². The number of halogens is 1. The number of rotatable bonds is 6. The van der Waals surface area contributed by atoms with Gasteiger partial charge in [-0.05, 0) is 25.0 Å². The standard InChI is InChI=1S/C16H20FN3O/c1-4-8-18-16-12(5-2)15(19-10-20-16)13-7-6-11(21-3)9-14(13)17/h6-7,9-10H,4-5,8H2,1-3H3,(H,18,19,20). The predicted molar refractivity (Wildman–Crippen MR) is 82.1 cm³/mol. The van der Waals surface area contributed by atoms with Gasteiger partial charge in [0, 0.05) is 23.7 Å². The largest absolute Gasteiger partial charge is 0.497 e. The first-order chi connectivity index (χ1) is 10.2. The molecule has 0 saturated heterocycles. The SMILES string of the molecule is CCCNc1ncnc(-c2ccc(OC)cc2F)c1CC. The molecular formula is C16H20FN3O. The molecule has 0 radical (unpaired) electrons. The van der Waals surface area contributed by atoms with E-state index in [9.17, 15) is 4.39 Å². The predicted octanol–water partition coefficient (Wildman–Crippen LogP) is 3.68. The van der Waals surface area contributed by atoms with E-state index >= 15 is 0 Å². The maximum atomic E-state index is 14.3. The van der Waals surface area contributed by atoms with Crippen molar-refractivity contribution in [1.82, 2.24) is 9.97 Å². The Hall–Kier alpha value is -2.17. The molecular weight excluding hydrogens is 269 g/mol. The first kappa shape index (κ1) is 15.2. The van der Waals surface area contributed by atoms with Gasteiger partial charge in [0.05, 0.1) is 12.8 Å². The molecule has 1 N–H and O–H groups in total. The molecule has 1 aromatic carbocycles. The lowest BCUT2D eigenvalue weighted by Gasteiger charge is -2.13. The van der Waals surface area contributed by atoms with Gasteiger partial charge in [-0.3, -0.25) is 0 Å². The summed E-state index contributed by atoms with van der Waals surface area (Å²) in [6, 6.07) is 4.80. The summed E-state index contributed by atoms with van der Waals surface area (Å²) in [6.45, 7) is 4.93. The number of hydrogen-bond donors (Lipinski definition) is 1. The van der Waals surface area contributed by atoms with Crippen LogP contribution in [-0.2, 0) is 6.42 Å². The number of methoxy groups -OCH3 is 1. The highest BCUT2D eigenvalue weighted by molar-refractivity contribution is 5.69. The summed E-state index contributed by atoms with van der Waals surface area (Å²) < 4.78 is 19.3. The van der Waals surface area contributed by atoms with E-state index in [0.717, 1.165) is 30.8 Å². The molecule has 5 heteroatoms. The van der Waals surface area contributed by atoms with Crippen LogP contribution >= 0.6 is 0 Å². The summed E-state index contributed by atoms with van der Waals surface area (Å²) in [5, 5.41) is 3.27. The molecule has 1 heterocycles. The van der Waals surface area contributed by atoms with Crippen LogP contribution in [0.2, 0.25) is 0 Å². The first-order valence-corrected chi connectivity index (χ1v) is 7.12. The van der Waals surface area contributed by atoms with Crippen molar-refractivity contribution >= 4 is 5.82 Å². The fraction of sp³-hybridized carbons (Fsp3) is 0.375. The van der Waals surface area contributed by atoms with Crippen molar-refractivity contribution in [3.05, 3.63) is 35.9 Å². The molecule has 2 rings (SSSR count). The third kappa shape index (κ3) is 3.29. The van der Waals surface area contributed by atoms with Crippen molar-refractivity contribution < 1.29 is 9.13 Å². The van der Waals surface area contributed by atoms with E-state index in [1.54, 1.807) is 12.1 Å². The summed E-state index contributed by atoms with van der Waals surface area (Å²) >= 11 is 0. The van der Waals surface area contributed by atoms with Crippen LogP contribution < -0.4 is 10.1 Å². The molecule has 0 fully saturated rings. The van der Waals surface area contributed by atoms with Crippen LogP contribution in [0.5, 0.6) is 5.75 Å². The minimum absolute atomic E-state index is 0.343. The van der Waals surface area contributed by atoms with Gasteiger partial charge in [0.15, 0.2) is 0 Å². The van der Waals surface area contributed by atoms with E-state index in [2.05, 4.69) is 22.2 Å². The van der Waals surface area contributed by atoms with E-state index in [4.69, 9.17) is 4.74 Å². The number of aromatic nitrogens is 2. The molecule has 0 aliphatic carbocycles. The van der Waals surface area contributed by atoms with Gasteiger partial charge in [-0.2, -0.15) is 0 Å². The number of ether oxygens (including phenoxy) is 1. The van der Waals surface area contributed by atoms with Gasteiger partial charge < -0.3 is 10.1 Å². The molecule has 0 aliphatic rings. The van der Waals surface area contributed by atoms with Crippen molar-refractivity contribution in [1.29, 1.82) is 0 Å². The molecule has 0 saturated carbocycles. The smallest absolute Gasteiger partial charge is 0.136 e. The Bertz CT molecular complexity index is 616. The zero-order valence-corrected chi connectivity index (χ0v) is 12.6. The van der Waals surface area contributed by atoms with Gasteiger partial charge in [-0.1, -0.05) is 13.8 Å². The normalized spacial score (nSPS) is 10.5. The van der Waals surface area contributed by atoms with E-state index < -0.39 is 0 Å². The van der Waals surface area contributed by atoms with Crippen molar-refractivity contribution in [2.75, 3.05) is 19.0 Å². The molecule has 21 heavy (non-hydrogen) atoms. The van der Waals surface area contributed by atoms with Crippen LogP contribution in [0.1, 0.15) is 25.8 Å². The first-order valence-electron chi connectivity index (χ1n) is 7.12. The summed E-state index contributed by atoms with van der Waals surface area (Å²) in [5.74, 6) is 0.927. The van der Waals surface area contributed by atoms with Gasteiger partial charge in [0.25, 0.3) is 0 Å². The zero-order chi connectivity index (χ0) is 15.2. The average molecular weight is 289 g/mol. The summed E-state index contributed by atoms with van der Waals surface area (Å²) in [5.41, 5.74) is 2.02. The summed E-state index contributed by atoms with van der Waals surface area (Å²) in [7, 11) is 1.52. The molecule has 0 aliphatic heterocycles. The Morgan fingerprint density at radius 2 is 2.05 bits per heavy atom. The fourth-order valence-corrected chi connectivity index (χ4v) is 2.19. The second-order valence-corrected chi connectivity index (χ2v) is 4.68. The molecule has 0 bridgehead atoms. The zero-order valence-electron chi connectivity index (χ0n) is 12.6. The van der Waals surface area contributed by atoms with Gasteiger partial charge in [-0.25, -0.2) is 14.4 Å². The van der Waals surface area contributed by atoms with Crippen molar-refractivity contribution in [2.45, 2.75) is 26.7 Å². The maximum Gasteiger partial charge on any atom is 0.136 e. The molecule has 1 aromatic heterocycles. The lowest BCUT2D eigenvalue weighted by Crippen LogP contribution is -2.07. The monoisotopic (exact) mass is 289 g/mol. The molecule has 0 spiro atoms.